The van der Waals surface area contributed by atoms with Crippen molar-refractivity contribution in [3.63, 3.8) is 0 Å². The smallest absolute Gasteiger partial charge is 0.288 e. The van der Waals surface area contributed by atoms with E-state index in [4.69, 9.17) is 0 Å². The Morgan fingerprint density at radius 2 is 1.75 bits per heavy atom. The zero-order valence-electron chi connectivity index (χ0n) is 17.0. The van der Waals surface area contributed by atoms with Crippen LogP contribution in [0.5, 0.6) is 0 Å². The predicted molar refractivity (Wildman–Crippen MR) is 119 cm³/mol. The molecule has 4 rings (SSSR count). The summed E-state index contributed by atoms with van der Waals surface area (Å²) in [6.07, 6.45) is 5.33. The van der Waals surface area contributed by atoms with Gasteiger partial charge in [0.1, 0.15) is 5.69 Å². The van der Waals surface area contributed by atoms with Gasteiger partial charge in [0.05, 0.1) is 11.8 Å². The number of nitrogens with one attached hydrogen (secondary N) is 3. The summed E-state index contributed by atoms with van der Waals surface area (Å²) in [5, 5.41) is 3.67. The molecule has 0 spiro atoms. The first-order chi connectivity index (χ1) is 15.6. The number of nitrogens with zero attached hydrogens (tertiary/aromatic N) is 3. The van der Waals surface area contributed by atoms with E-state index in [0.29, 0.717) is 17.7 Å². The van der Waals surface area contributed by atoms with Gasteiger partial charge in [-0.05, 0) is 30.3 Å². The quantitative estimate of drug-likeness (QED) is 0.408. The SMILES string of the molecule is O=C(CCn1ccnc1)Nc1cccc(C(=O)NNC(=O)c2ccc3ccccc3n2)c1. The van der Waals surface area contributed by atoms with Crippen LogP contribution in [0.15, 0.2) is 79.4 Å². The molecule has 0 fully saturated rings. The summed E-state index contributed by atoms with van der Waals surface area (Å²) in [7, 11) is 0. The molecular weight excluding hydrogens is 408 g/mol. The summed E-state index contributed by atoms with van der Waals surface area (Å²) in [6, 6.07) is 17.2. The fourth-order valence-electron chi connectivity index (χ4n) is 3.05. The lowest BCUT2D eigenvalue weighted by atomic mass is 10.2. The second-order valence-electron chi connectivity index (χ2n) is 6.98. The van der Waals surface area contributed by atoms with Crippen LogP contribution < -0.4 is 16.2 Å². The Labute approximate surface area is 183 Å². The summed E-state index contributed by atoms with van der Waals surface area (Å²) in [6.45, 7) is 0.501. The number of para-hydroxylation sites is 1. The third kappa shape index (κ3) is 5.14. The number of carbonyl (C=O) groups is 3. The minimum Gasteiger partial charge on any atom is -0.337 e. The van der Waals surface area contributed by atoms with Crippen molar-refractivity contribution in [3.05, 3.63) is 90.6 Å². The number of carbonyl (C=O) groups excluding carboxylic acids is 3. The highest BCUT2D eigenvalue weighted by Crippen LogP contribution is 2.13. The Morgan fingerprint density at radius 1 is 0.906 bits per heavy atom. The summed E-state index contributed by atoms with van der Waals surface area (Å²) in [5.41, 5.74) is 6.36. The van der Waals surface area contributed by atoms with E-state index in [1.165, 1.54) is 6.07 Å². The molecule has 0 saturated heterocycles. The number of hydrazine groups is 1. The third-order valence-electron chi connectivity index (χ3n) is 4.69. The van der Waals surface area contributed by atoms with E-state index in [1.54, 1.807) is 59.7 Å². The maximum absolute atomic E-state index is 12.4. The Kier molecular flexibility index (Phi) is 6.17. The molecule has 0 unspecified atom stereocenters. The average Bonchev–Trinajstić information content (AvgIpc) is 3.34. The molecule has 2 heterocycles. The number of rotatable bonds is 6. The molecule has 4 aromatic rings. The van der Waals surface area contributed by atoms with Crippen molar-refractivity contribution >= 4 is 34.3 Å². The van der Waals surface area contributed by atoms with Crippen molar-refractivity contribution in [2.45, 2.75) is 13.0 Å². The van der Waals surface area contributed by atoms with Crippen molar-refractivity contribution in [2.75, 3.05) is 5.32 Å². The minimum absolute atomic E-state index is 0.183. The lowest BCUT2D eigenvalue weighted by Gasteiger charge is -2.10. The molecule has 0 radical (unpaired) electrons. The molecule has 0 atom stereocenters. The minimum atomic E-state index is -0.534. The fourth-order valence-corrected chi connectivity index (χ4v) is 3.05. The van der Waals surface area contributed by atoms with E-state index in [9.17, 15) is 14.4 Å². The lowest BCUT2D eigenvalue weighted by molar-refractivity contribution is -0.116. The molecule has 3 N–H and O–H groups in total. The van der Waals surface area contributed by atoms with E-state index in [0.717, 1.165) is 5.39 Å². The van der Waals surface area contributed by atoms with Gasteiger partial charge in [0.25, 0.3) is 11.8 Å². The highest BCUT2D eigenvalue weighted by molar-refractivity contribution is 6.00. The summed E-state index contributed by atoms with van der Waals surface area (Å²) in [4.78, 5) is 45.2. The number of hydrogen-bond donors (Lipinski definition) is 3. The first-order valence-electron chi connectivity index (χ1n) is 9.90. The molecule has 2 aromatic heterocycles. The van der Waals surface area contributed by atoms with Crippen LogP contribution in [0.4, 0.5) is 5.69 Å². The highest BCUT2D eigenvalue weighted by atomic mass is 16.2. The van der Waals surface area contributed by atoms with Crippen molar-refractivity contribution in [1.82, 2.24) is 25.4 Å². The highest BCUT2D eigenvalue weighted by Gasteiger charge is 2.12. The average molecular weight is 428 g/mol. The van der Waals surface area contributed by atoms with Gasteiger partial charge in [-0.2, -0.15) is 0 Å². The summed E-state index contributed by atoms with van der Waals surface area (Å²) >= 11 is 0. The van der Waals surface area contributed by atoms with E-state index in [-0.39, 0.29) is 23.6 Å². The van der Waals surface area contributed by atoms with Gasteiger partial charge in [0.15, 0.2) is 0 Å². The van der Waals surface area contributed by atoms with Gasteiger partial charge in [-0.1, -0.05) is 30.3 Å². The van der Waals surface area contributed by atoms with Crippen molar-refractivity contribution in [2.24, 2.45) is 0 Å². The van der Waals surface area contributed by atoms with E-state index in [2.05, 4.69) is 26.1 Å². The number of fused-ring (bicyclic) bond motifs is 1. The third-order valence-corrected chi connectivity index (χ3v) is 4.69. The van der Waals surface area contributed by atoms with Gasteiger partial charge in [0, 0.05) is 42.0 Å². The summed E-state index contributed by atoms with van der Waals surface area (Å²) < 4.78 is 1.80. The first-order valence-corrected chi connectivity index (χ1v) is 9.90. The second-order valence-corrected chi connectivity index (χ2v) is 6.98. The monoisotopic (exact) mass is 428 g/mol. The molecule has 0 aliphatic rings. The van der Waals surface area contributed by atoms with Crippen LogP contribution in [0.2, 0.25) is 0 Å². The normalized spacial score (nSPS) is 10.5. The second kappa shape index (κ2) is 9.52. The number of hydrogen-bond acceptors (Lipinski definition) is 5. The van der Waals surface area contributed by atoms with Gasteiger partial charge >= 0.3 is 0 Å². The van der Waals surface area contributed by atoms with E-state index in [1.807, 2.05) is 18.2 Å². The number of amides is 3. The molecule has 32 heavy (non-hydrogen) atoms. The van der Waals surface area contributed by atoms with Crippen LogP contribution in [0.1, 0.15) is 27.3 Å². The van der Waals surface area contributed by atoms with E-state index >= 15 is 0 Å². The number of aromatic nitrogens is 3. The number of anilines is 1. The Bertz CT molecular complexity index is 1270. The van der Waals surface area contributed by atoms with Crippen LogP contribution in [0.25, 0.3) is 10.9 Å². The van der Waals surface area contributed by atoms with Gasteiger partial charge in [-0.3, -0.25) is 25.2 Å². The molecule has 0 aliphatic heterocycles. The maximum Gasteiger partial charge on any atom is 0.288 e. The van der Waals surface area contributed by atoms with Crippen LogP contribution in [0, 0.1) is 0 Å². The molecule has 0 aliphatic carbocycles. The van der Waals surface area contributed by atoms with Crippen LogP contribution in [-0.2, 0) is 11.3 Å². The topological polar surface area (TPSA) is 118 Å². The van der Waals surface area contributed by atoms with Gasteiger partial charge < -0.3 is 9.88 Å². The van der Waals surface area contributed by atoms with Crippen LogP contribution in [0.3, 0.4) is 0 Å². The Balaban J connectivity index is 1.32. The number of benzene rings is 2. The molecule has 0 saturated carbocycles. The Morgan fingerprint density at radius 3 is 2.59 bits per heavy atom. The zero-order chi connectivity index (χ0) is 22.3. The van der Waals surface area contributed by atoms with Crippen LogP contribution >= 0.6 is 0 Å². The van der Waals surface area contributed by atoms with Crippen LogP contribution in [-0.4, -0.2) is 32.3 Å². The van der Waals surface area contributed by atoms with E-state index < -0.39 is 11.8 Å². The standard InChI is InChI=1S/C23H20N6O3/c30-21(10-12-29-13-11-24-15-29)25-18-6-3-5-17(14-18)22(31)27-28-23(32)20-9-8-16-4-1-2-7-19(16)26-20/h1-9,11,13-15H,10,12H2,(H,25,30)(H,27,31)(H,28,32). The number of pyridine rings is 1. The van der Waals surface area contributed by atoms with Crippen molar-refractivity contribution in [1.29, 1.82) is 0 Å². The predicted octanol–water partition coefficient (Wildman–Crippen LogP) is 2.53. The molecule has 3 amide bonds. The molecule has 9 nitrogen and oxygen atoms in total. The molecule has 160 valence electrons. The number of imidazole rings is 1. The number of aryl methyl sites for hydroxylation is 1. The Hall–Kier alpha value is -4.53. The van der Waals surface area contributed by atoms with Gasteiger partial charge in [-0.25, -0.2) is 9.97 Å². The summed E-state index contributed by atoms with van der Waals surface area (Å²) in [5.74, 6) is -1.24. The van der Waals surface area contributed by atoms with Gasteiger partial charge in [-0.15, -0.1) is 0 Å². The van der Waals surface area contributed by atoms with Gasteiger partial charge in [0.2, 0.25) is 5.91 Å². The molecular formula is C23H20N6O3. The fraction of sp³-hybridized carbons (Fsp3) is 0.0870. The molecule has 0 bridgehead atoms. The lowest BCUT2D eigenvalue weighted by Crippen LogP contribution is -2.42. The largest absolute Gasteiger partial charge is 0.337 e. The molecule has 2 aromatic carbocycles. The maximum atomic E-state index is 12.4. The van der Waals surface area contributed by atoms with Crippen molar-refractivity contribution < 1.29 is 14.4 Å². The molecule has 9 heteroatoms. The zero-order valence-corrected chi connectivity index (χ0v) is 17.0. The van der Waals surface area contributed by atoms with Crippen molar-refractivity contribution in [3.8, 4) is 0 Å². The first kappa shape index (κ1) is 20.7.